The lowest BCUT2D eigenvalue weighted by Gasteiger charge is -2.49. The number of hydrogen-bond acceptors (Lipinski definition) is 1. The van der Waals surface area contributed by atoms with E-state index in [2.05, 4.69) is 292 Å². The summed E-state index contributed by atoms with van der Waals surface area (Å²) in [4.78, 5) is 2.55. The zero-order chi connectivity index (χ0) is 48.0. The third-order valence-corrected chi connectivity index (χ3v) is 16.4. The van der Waals surface area contributed by atoms with Gasteiger partial charge >= 0.3 is 0 Å². The first kappa shape index (κ1) is 42.1. The summed E-state index contributed by atoms with van der Waals surface area (Å²) in [6.45, 7) is 4.77. The van der Waals surface area contributed by atoms with Crippen LogP contribution in [0.5, 0.6) is 0 Å². The van der Waals surface area contributed by atoms with E-state index in [1.807, 2.05) is 0 Å². The normalized spacial score (nSPS) is 17.2. The number of rotatable bonds is 8. The van der Waals surface area contributed by atoms with Crippen molar-refractivity contribution in [3.8, 4) is 44.5 Å². The average molecular weight is 918 g/mol. The van der Waals surface area contributed by atoms with Crippen LogP contribution < -0.4 is 4.90 Å². The molecule has 0 saturated heterocycles. The molecule has 1 nitrogen and oxygen atoms in total. The van der Waals surface area contributed by atoms with E-state index >= 15 is 0 Å². The van der Waals surface area contributed by atoms with E-state index < -0.39 is 10.8 Å². The molecule has 1 heteroatoms. The highest BCUT2D eigenvalue weighted by atomic mass is 15.1. The van der Waals surface area contributed by atoms with Gasteiger partial charge in [0.25, 0.3) is 0 Å². The second-order valence-electron chi connectivity index (χ2n) is 20.3. The summed E-state index contributed by atoms with van der Waals surface area (Å²) in [7, 11) is 0. The van der Waals surface area contributed by atoms with Gasteiger partial charge < -0.3 is 4.90 Å². The van der Waals surface area contributed by atoms with Gasteiger partial charge in [-0.1, -0.05) is 257 Å². The molecule has 0 bridgehead atoms. The summed E-state index contributed by atoms with van der Waals surface area (Å²) in [6.07, 6.45) is 0. The zero-order valence-electron chi connectivity index (χ0n) is 40.4. The molecule has 2 atom stereocenters. The molecule has 340 valence electrons. The minimum absolute atomic E-state index is 0.191. The number of nitrogens with zero attached hydrogens (tertiary/aromatic N) is 1. The average Bonchev–Trinajstić information content (AvgIpc) is 3.88. The molecule has 0 N–H and O–H groups in total. The highest BCUT2D eigenvalue weighted by Crippen LogP contribution is 2.66. The molecule has 0 amide bonds. The number of hydrogen-bond donors (Lipinski definition) is 0. The van der Waals surface area contributed by atoms with Crippen molar-refractivity contribution < 1.29 is 0 Å². The van der Waals surface area contributed by atoms with Crippen molar-refractivity contribution in [3.63, 3.8) is 0 Å². The van der Waals surface area contributed by atoms with Gasteiger partial charge in [-0.15, -0.1) is 0 Å². The van der Waals surface area contributed by atoms with Gasteiger partial charge in [-0.2, -0.15) is 0 Å². The number of anilines is 3. The molecule has 0 fully saturated rings. The molecule has 2 unspecified atom stereocenters. The lowest BCUT2D eigenvalue weighted by molar-refractivity contribution is 0.627. The Labute approximate surface area is 423 Å². The van der Waals surface area contributed by atoms with Crippen LogP contribution in [0, 0.1) is 0 Å². The maximum atomic E-state index is 2.55. The number of fused-ring (bicyclic) bond motifs is 8. The SMILES string of the molecule is CC1(C)c2ccccc2-c2ccc(N(c3cccc(C4(c5ccccc5)c5ccccc5C5(c6ccccc6)c6ccccc6-c6cccc4c65)c3)c3cc(-c4ccccc4)ccc3-c3ccccc3)cc21. The highest BCUT2D eigenvalue weighted by Gasteiger charge is 2.57. The Kier molecular flexibility index (Phi) is 9.44. The topological polar surface area (TPSA) is 3.24 Å². The summed E-state index contributed by atoms with van der Waals surface area (Å²) < 4.78 is 0. The summed E-state index contributed by atoms with van der Waals surface area (Å²) >= 11 is 0. The van der Waals surface area contributed by atoms with Gasteiger partial charge in [0.05, 0.1) is 16.5 Å². The lowest BCUT2D eigenvalue weighted by atomic mass is 9.51. The maximum absolute atomic E-state index is 2.55. The molecule has 14 rings (SSSR count). The van der Waals surface area contributed by atoms with Crippen molar-refractivity contribution in [2.45, 2.75) is 30.1 Å². The minimum Gasteiger partial charge on any atom is -0.310 e. The first-order valence-electron chi connectivity index (χ1n) is 25.3. The van der Waals surface area contributed by atoms with Crippen LogP contribution in [0.15, 0.2) is 273 Å². The predicted molar refractivity (Wildman–Crippen MR) is 299 cm³/mol. The third-order valence-electron chi connectivity index (χ3n) is 16.4. The van der Waals surface area contributed by atoms with Crippen molar-refractivity contribution in [3.05, 3.63) is 329 Å². The molecule has 11 aromatic rings. The molecular weight excluding hydrogens is 867 g/mol. The van der Waals surface area contributed by atoms with Crippen LogP contribution in [0.1, 0.15) is 69.5 Å². The molecule has 0 heterocycles. The molecule has 0 aliphatic heterocycles. The number of benzene rings is 11. The second kappa shape index (κ2) is 16.1. The van der Waals surface area contributed by atoms with Gasteiger partial charge in [0, 0.05) is 22.4 Å². The van der Waals surface area contributed by atoms with E-state index in [-0.39, 0.29) is 5.41 Å². The van der Waals surface area contributed by atoms with Gasteiger partial charge in [-0.25, -0.2) is 0 Å². The fourth-order valence-electron chi connectivity index (χ4n) is 13.4. The smallest absolute Gasteiger partial charge is 0.0720 e. The largest absolute Gasteiger partial charge is 0.310 e. The van der Waals surface area contributed by atoms with Crippen LogP contribution in [-0.2, 0) is 16.2 Å². The van der Waals surface area contributed by atoms with E-state index in [1.165, 1.54) is 94.6 Å². The van der Waals surface area contributed by atoms with Gasteiger partial charge in [-0.05, 0) is 125 Å². The Morgan fingerprint density at radius 3 is 1.43 bits per heavy atom. The third kappa shape index (κ3) is 5.89. The van der Waals surface area contributed by atoms with Gasteiger partial charge in [-0.3, -0.25) is 0 Å². The van der Waals surface area contributed by atoms with Crippen molar-refractivity contribution in [1.29, 1.82) is 0 Å². The van der Waals surface area contributed by atoms with Crippen molar-refractivity contribution in [2.75, 3.05) is 4.90 Å². The second-order valence-corrected chi connectivity index (χ2v) is 20.3. The molecular formula is C71H51N. The lowest BCUT2D eigenvalue weighted by Crippen LogP contribution is -2.44. The van der Waals surface area contributed by atoms with Gasteiger partial charge in [0.1, 0.15) is 0 Å². The Morgan fingerprint density at radius 2 is 0.736 bits per heavy atom. The Morgan fingerprint density at radius 1 is 0.264 bits per heavy atom. The monoisotopic (exact) mass is 917 g/mol. The van der Waals surface area contributed by atoms with Crippen LogP contribution in [0.4, 0.5) is 17.1 Å². The van der Waals surface area contributed by atoms with Crippen molar-refractivity contribution in [1.82, 2.24) is 0 Å². The van der Waals surface area contributed by atoms with E-state index in [1.54, 1.807) is 0 Å². The van der Waals surface area contributed by atoms with E-state index in [9.17, 15) is 0 Å². The van der Waals surface area contributed by atoms with Crippen LogP contribution >= 0.6 is 0 Å². The van der Waals surface area contributed by atoms with Gasteiger partial charge in [0.2, 0.25) is 0 Å². The quantitative estimate of drug-likeness (QED) is 0.147. The molecule has 72 heavy (non-hydrogen) atoms. The first-order chi connectivity index (χ1) is 35.5. The van der Waals surface area contributed by atoms with Crippen LogP contribution in [0.25, 0.3) is 44.5 Å². The molecule has 0 spiro atoms. The van der Waals surface area contributed by atoms with Gasteiger partial charge in [0.15, 0.2) is 0 Å². The van der Waals surface area contributed by atoms with Crippen LogP contribution in [0.3, 0.4) is 0 Å². The molecule has 3 aliphatic carbocycles. The summed E-state index contributed by atoms with van der Waals surface area (Å²) in [6, 6.07) is 103. The Hall–Kier alpha value is -8.78. The zero-order valence-corrected chi connectivity index (χ0v) is 40.4. The first-order valence-corrected chi connectivity index (χ1v) is 25.3. The van der Waals surface area contributed by atoms with Crippen molar-refractivity contribution in [2.24, 2.45) is 0 Å². The molecule has 3 aliphatic rings. The van der Waals surface area contributed by atoms with E-state index in [0.29, 0.717) is 0 Å². The fourth-order valence-corrected chi connectivity index (χ4v) is 13.4. The molecule has 0 aromatic heterocycles. The predicted octanol–water partition coefficient (Wildman–Crippen LogP) is 17.9. The van der Waals surface area contributed by atoms with E-state index in [0.717, 1.165) is 22.6 Å². The summed E-state index contributed by atoms with van der Waals surface area (Å²) in [5.74, 6) is 0. The highest BCUT2D eigenvalue weighted by molar-refractivity contribution is 5.95. The Bertz CT molecular complexity index is 3890. The summed E-state index contributed by atoms with van der Waals surface area (Å²) in [5.41, 5.74) is 24.8. The van der Waals surface area contributed by atoms with E-state index in [4.69, 9.17) is 0 Å². The maximum Gasteiger partial charge on any atom is 0.0720 e. The molecule has 0 saturated carbocycles. The van der Waals surface area contributed by atoms with Crippen LogP contribution in [0.2, 0.25) is 0 Å². The molecule has 11 aromatic carbocycles. The summed E-state index contributed by atoms with van der Waals surface area (Å²) in [5, 5.41) is 0. The fraction of sp³-hybridized carbons (Fsp3) is 0.0704. The Balaban J connectivity index is 1.08. The van der Waals surface area contributed by atoms with Crippen LogP contribution in [-0.4, -0.2) is 0 Å². The minimum atomic E-state index is -0.707. The van der Waals surface area contributed by atoms with Crippen molar-refractivity contribution >= 4 is 17.1 Å². The standard InChI is InChI=1S/C71H51N/c1-69(2)61-36-17-15-33-57(61)59-44-42-55(47-66(59)69)72(67-45-50(48-23-7-3-8-24-48)41-43-56(67)49-25-9-4-10-26-49)54-32-21-31-53(46-54)70(51-27-11-5-12-28-51)63-38-19-20-39-64(63)71(52-29-13-6-14-30-52)62-37-18-16-34-58(62)60-35-22-40-65(70)68(60)71/h3-47H,1-2H3. The molecule has 0 radical (unpaired) electrons.